The topological polar surface area (TPSA) is 72.8 Å². The summed E-state index contributed by atoms with van der Waals surface area (Å²) in [6.45, 7) is 4.87. The maximum absolute atomic E-state index is 11.5. The lowest BCUT2D eigenvalue weighted by Gasteiger charge is -2.14. The second-order valence-corrected chi connectivity index (χ2v) is 5.07. The molecule has 5 heteroatoms. The first-order chi connectivity index (χ1) is 9.99. The van der Waals surface area contributed by atoms with E-state index in [1.807, 2.05) is 0 Å². The number of rotatable bonds is 8. The molecule has 0 radical (unpaired) electrons. The number of esters is 1. The van der Waals surface area contributed by atoms with Crippen LogP contribution in [0.3, 0.4) is 0 Å². The van der Waals surface area contributed by atoms with Gasteiger partial charge in [0.1, 0.15) is 5.75 Å². The molecule has 2 unspecified atom stereocenters. The van der Waals surface area contributed by atoms with Crippen molar-refractivity contribution in [1.29, 1.82) is 0 Å². The summed E-state index contributed by atoms with van der Waals surface area (Å²) in [6, 6.07) is 6.50. The zero-order valence-electron chi connectivity index (χ0n) is 12.7. The molecule has 5 nitrogen and oxygen atoms in total. The molecular formula is C16H22O5. The number of ether oxygens (including phenoxy) is 2. The molecule has 0 fully saturated rings. The molecule has 0 bridgehead atoms. The van der Waals surface area contributed by atoms with Crippen molar-refractivity contribution in [1.82, 2.24) is 0 Å². The molecule has 1 N–H and O–H groups in total. The molecule has 0 amide bonds. The van der Waals surface area contributed by atoms with E-state index in [0.29, 0.717) is 23.8 Å². The second kappa shape index (κ2) is 8.29. The molecule has 0 saturated carbocycles. The van der Waals surface area contributed by atoms with E-state index in [1.54, 1.807) is 24.3 Å². The standard InChI is InChI=1S/C16H22O5/c1-4-5-11(2)10-21-13-8-6-12(7-9-13)14(15(17)18)16(19)20-3/h6-9,11,14H,4-5,10H2,1-3H3,(H,17,18). The van der Waals surface area contributed by atoms with Crippen molar-refractivity contribution in [2.24, 2.45) is 5.92 Å². The summed E-state index contributed by atoms with van der Waals surface area (Å²) in [7, 11) is 1.17. The Morgan fingerprint density at radius 3 is 2.33 bits per heavy atom. The van der Waals surface area contributed by atoms with E-state index in [2.05, 4.69) is 18.6 Å². The minimum absolute atomic E-state index is 0.378. The number of carbonyl (C=O) groups is 2. The Hall–Kier alpha value is -2.04. The highest BCUT2D eigenvalue weighted by Gasteiger charge is 2.29. The Bertz CT molecular complexity index is 466. The Labute approximate surface area is 124 Å². The van der Waals surface area contributed by atoms with E-state index >= 15 is 0 Å². The third-order valence-corrected chi connectivity index (χ3v) is 3.21. The smallest absolute Gasteiger partial charge is 0.324 e. The molecule has 1 aromatic carbocycles. The molecule has 2 atom stereocenters. The van der Waals surface area contributed by atoms with Crippen LogP contribution >= 0.6 is 0 Å². The highest BCUT2D eigenvalue weighted by Crippen LogP contribution is 2.22. The van der Waals surface area contributed by atoms with Gasteiger partial charge >= 0.3 is 11.9 Å². The molecule has 0 aliphatic rings. The number of benzene rings is 1. The van der Waals surface area contributed by atoms with Crippen LogP contribution in [0.2, 0.25) is 0 Å². The summed E-state index contributed by atoms with van der Waals surface area (Å²) < 4.78 is 10.2. The molecule has 21 heavy (non-hydrogen) atoms. The first-order valence-electron chi connectivity index (χ1n) is 7.03. The lowest BCUT2D eigenvalue weighted by Crippen LogP contribution is -2.22. The van der Waals surface area contributed by atoms with E-state index < -0.39 is 17.9 Å². The minimum Gasteiger partial charge on any atom is -0.493 e. The Morgan fingerprint density at radius 1 is 1.24 bits per heavy atom. The Morgan fingerprint density at radius 2 is 1.86 bits per heavy atom. The van der Waals surface area contributed by atoms with Gasteiger partial charge in [0.05, 0.1) is 13.7 Å². The van der Waals surface area contributed by atoms with Crippen molar-refractivity contribution in [2.45, 2.75) is 32.6 Å². The van der Waals surface area contributed by atoms with Gasteiger partial charge in [-0.1, -0.05) is 32.4 Å². The summed E-state index contributed by atoms with van der Waals surface area (Å²) in [4.78, 5) is 22.6. The molecule has 1 aromatic rings. The first-order valence-corrected chi connectivity index (χ1v) is 7.03. The molecule has 116 valence electrons. The van der Waals surface area contributed by atoms with E-state index in [-0.39, 0.29) is 0 Å². The second-order valence-electron chi connectivity index (χ2n) is 5.07. The summed E-state index contributed by atoms with van der Waals surface area (Å²) >= 11 is 0. The molecule has 0 aromatic heterocycles. The largest absolute Gasteiger partial charge is 0.493 e. The van der Waals surface area contributed by atoms with Crippen LogP contribution in [0.4, 0.5) is 0 Å². The van der Waals surface area contributed by atoms with Gasteiger partial charge in [-0.2, -0.15) is 0 Å². The van der Waals surface area contributed by atoms with Gasteiger partial charge in [-0.25, -0.2) is 0 Å². The summed E-state index contributed by atoms with van der Waals surface area (Å²) in [5.41, 5.74) is 0.378. The van der Waals surface area contributed by atoms with Crippen LogP contribution in [0.1, 0.15) is 38.2 Å². The van der Waals surface area contributed by atoms with Gasteiger partial charge in [0.2, 0.25) is 0 Å². The number of hydrogen-bond acceptors (Lipinski definition) is 4. The molecule has 0 spiro atoms. The van der Waals surface area contributed by atoms with E-state index in [4.69, 9.17) is 9.84 Å². The van der Waals surface area contributed by atoms with Crippen LogP contribution in [0, 0.1) is 5.92 Å². The Kier molecular flexibility index (Phi) is 6.72. The zero-order chi connectivity index (χ0) is 15.8. The number of hydrogen-bond donors (Lipinski definition) is 1. The molecule has 0 saturated heterocycles. The third kappa shape index (κ3) is 5.10. The quantitative estimate of drug-likeness (QED) is 0.589. The van der Waals surface area contributed by atoms with Crippen molar-refractivity contribution in [3.05, 3.63) is 29.8 Å². The van der Waals surface area contributed by atoms with E-state index in [1.165, 1.54) is 7.11 Å². The summed E-state index contributed by atoms with van der Waals surface area (Å²) in [5, 5.41) is 9.10. The molecular weight excluding hydrogens is 272 g/mol. The average molecular weight is 294 g/mol. The van der Waals surface area contributed by atoms with Crippen LogP contribution in [-0.2, 0) is 14.3 Å². The fourth-order valence-corrected chi connectivity index (χ4v) is 2.07. The highest BCUT2D eigenvalue weighted by atomic mass is 16.5. The number of carbonyl (C=O) groups excluding carboxylic acids is 1. The molecule has 0 aliphatic carbocycles. The number of aliphatic carboxylic acids is 1. The van der Waals surface area contributed by atoms with E-state index in [0.717, 1.165) is 12.8 Å². The zero-order valence-corrected chi connectivity index (χ0v) is 12.7. The van der Waals surface area contributed by atoms with Crippen molar-refractivity contribution in [3.63, 3.8) is 0 Å². The maximum atomic E-state index is 11.5. The fraction of sp³-hybridized carbons (Fsp3) is 0.500. The lowest BCUT2D eigenvalue weighted by atomic mass is 9.99. The van der Waals surface area contributed by atoms with Gasteiger partial charge in [-0.3, -0.25) is 9.59 Å². The number of methoxy groups -OCH3 is 1. The monoisotopic (exact) mass is 294 g/mol. The van der Waals surface area contributed by atoms with Crippen LogP contribution in [0.15, 0.2) is 24.3 Å². The summed E-state index contributed by atoms with van der Waals surface area (Å²) in [6.07, 6.45) is 2.21. The van der Waals surface area contributed by atoms with Crippen LogP contribution in [0.25, 0.3) is 0 Å². The number of carboxylic acid groups (broad SMARTS) is 1. The molecule has 0 aliphatic heterocycles. The third-order valence-electron chi connectivity index (χ3n) is 3.21. The minimum atomic E-state index is -1.30. The van der Waals surface area contributed by atoms with Gasteiger partial charge in [-0.05, 0) is 30.0 Å². The molecule has 1 rings (SSSR count). The van der Waals surface area contributed by atoms with Gasteiger partial charge < -0.3 is 14.6 Å². The lowest BCUT2D eigenvalue weighted by molar-refractivity contribution is -0.152. The first kappa shape index (κ1) is 17.0. The van der Waals surface area contributed by atoms with Gasteiger partial charge in [0.15, 0.2) is 5.92 Å². The normalized spacial score (nSPS) is 13.3. The van der Waals surface area contributed by atoms with Crippen molar-refractivity contribution >= 4 is 11.9 Å². The predicted octanol–water partition coefficient (Wildman–Crippen LogP) is 2.84. The van der Waals surface area contributed by atoms with Crippen LogP contribution < -0.4 is 4.74 Å². The Balaban J connectivity index is 2.72. The number of carboxylic acids is 1. The summed E-state index contributed by atoms with van der Waals surface area (Å²) in [5.74, 6) is -2.19. The predicted molar refractivity (Wildman–Crippen MR) is 78.4 cm³/mol. The maximum Gasteiger partial charge on any atom is 0.324 e. The highest BCUT2D eigenvalue weighted by molar-refractivity contribution is 5.99. The van der Waals surface area contributed by atoms with Gasteiger partial charge in [0, 0.05) is 0 Å². The average Bonchev–Trinajstić information content (AvgIpc) is 2.46. The van der Waals surface area contributed by atoms with Crippen molar-refractivity contribution in [3.8, 4) is 5.75 Å². The molecule has 0 heterocycles. The van der Waals surface area contributed by atoms with E-state index in [9.17, 15) is 9.59 Å². The fourth-order valence-electron chi connectivity index (χ4n) is 2.07. The van der Waals surface area contributed by atoms with Crippen molar-refractivity contribution < 1.29 is 24.2 Å². The van der Waals surface area contributed by atoms with Gasteiger partial charge in [0.25, 0.3) is 0 Å². The SMILES string of the molecule is CCCC(C)COc1ccc(C(C(=O)O)C(=O)OC)cc1. The van der Waals surface area contributed by atoms with Gasteiger partial charge in [-0.15, -0.1) is 0 Å². The van der Waals surface area contributed by atoms with Crippen LogP contribution in [-0.4, -0.2) is 30.8 Å². The van der Waals surface area contributed by atoms with Crippen molar-refractivity contribution in [2.75, 3.05) is 13.7 Å². The van der Waals surface area contributed by atoms with Crippen LogP contribution in [0.5, 0.6) is 5.75 Å².